The summed E-state index contributed by atoms with van der Waals surface area (Å²) in [6, 6.07) is 2.65. The first-order chi connectivity index (χ1) is 6.87. The molecule has 82 valence electrons. The standard InChI is InChI=1S/C5H4N2O5S3/c8-4-6-15(11,12)7-14(9,10)5-2-1-3-13-5/h1-3,7H. The van der Waals surface area contributed by atoms with E-state index in [1.165, 1.54) is 21.6 Å². The Kier molecular flexibility index (Phi) is 3.37. The Hall–Kier alpha value is -1.06. The molecule has 0 aromatic carbocycles. The molecule has 10 heteroatoms. The summed E-state index contributed by atoms with van der Waals surface area (Å²) in [5, 5.41) is 1.46. The van der Waals surface area contributed by atoms with E-state index in [0.29, 0.717) is 0 Å². The first-order valence-electron chi connectivity index (χ1n) is 3.28. The minimum absolute atomic E-state index is 0.188. The molecule has 1 aromatic rings. The van der Waals surface area contributed by atoms with Crippen LogP contribution in [0, 0.1) is 0 Å². The zero-order valence-electron chi connectivity index (χ0n) is 6.95. The van der Waals surface area contributed by atoms with Crippen molar-refractivity contribution in [1.29, 1.82) is 0 Å². The van der Waals surface area contributed by atoms with Gasteiger partial charge in [-0.3, -0.25) is 0 Å². The Labute approximate surface area is 89.7 Å². The Bertz CT molecular complexity index is 579. The van der Waals surface area contributed by atoms with Crippen molar-refractivity contribution in [3.63, 3.8) is 0 Å². The Morgan fingerprint density at radius 2 is 2.00 bits per heavy atom. The molecule has 0 unspecified atom stereocenters. The largest absolute Gasteiger partial charge is 0.343 e. The predicted octanol–water partition coefficient (Wildman–Crippen LogP) is -0.393. The summed E-state index contributed by atoms with van der Waals surface area (Å²) in [7, 11) is -8.73. The molecule has 1 rings (SSSR count). The number of nitrogens with zero attached hydrogens (tertiary/aromatic N) is 1. The Balaban J connectivity index is 3.08. The van der Waals surface area contributed by atoms with Gasteiger partial charge in [-0.25, -0.2) is 13.2 Å². The van der Waals surface area contributed by atoms with Crippen molar-refractivity contribution in [2.45, 2.75) is 4.21 Å². The minimum Gasteiger partial charge on any atom is -0.210 e. The summed E-state index contributed by atoms with van der Waals surface area (Å²) in [5.74, 6) is 0. The molecule has 1 aromatic heterocycles. The summed E-state index contributed by atoms with van der Waals surface area (Å²) in [4.78, 5) is 9.69. The van der Waals surface area contributed by atoms with Crippen LogP contribution in [0.1, 0.15) is 0 Å². The van der Waals surface area contributed by atoms with Gasteiger partial charge in [-0.2, -0.15) is 8.42 Å². The number of hydrogen-bond donors (Lipinski definition) is 1. The normalized spacial score (nSPS) is 12.0. The summed E-state index contributed by atoms with van der Waals surface area (Å²) in [6.07, 6.45) is 0.739. The van der Waals surface area contributed by atoms with Gasteiger partial charge in [0.1, 0.15) is 4.21 Å². The van der Waals surface area contributed by atoms with Crippen LogP contribution in [0.5, 0.6) is 0 Å². The van der Waals surface area contributed by atoms with Gasteiger partial charge in [0.05, 0.1) is 0 Å². The highest BCUT2D eigenvalue weighted by Crippen LogP contribution is 2.15. The van der Waals surface area contributed by atoms with E-state index < -0.39 is 20.2 Å². The summed E-state index contributed by atoms with van der Waals surface area (Å²) >= 11 is 0.834. The average Bonchev–Trinajstić information content (AvgIpc) is 2.52. The lowest BCUT2D eigenvalue weighted by molar-refractivity contribution is 0.562. The maximum atomic E-state index is 11.3. The van der Waals surface area contributed by atoms with E-state index in [2.05, 4.69) is 4.40 Å². The molecular formula is C5H4N2O5S3. The third-order valence-electron chi connectivity index (χ3n) is 1.13. The van der Waals surface area contributed by atoms with Crippen LogP contribution >= 0.6 is 11.3 Å². The van der Waals surface area contributed by atoms with E-state index >= 15 is 0 Å². The molecule has 7 nitrogen and oxygen atoms in total. The molecule has 0 saturated carbocycles. The lowest BCUT2D eigenvalue weighted by Crippen LogP contribution is -2.28. The van der Waals surface area contributed by atoms with Gasteiger partial charge in [-0.15, -0.1) is 11.3 Å². The molecule has 0 fully saturated rings. The second kappa shape index (κ2) is 4.21. The van der Waals surface area contributed by atoms with Crippen molar-refractivity contribution in [3.8, 4) is 0 Å². The van der Waals surface area contributed by atoms with Crippen LogP contribution in [0.15, 0.2) is 26.1 Å². The molecule has 1 N–H and O–H groups in total. The number of nitrogens with one attached hydrogen (secondary N) is 1. The number of carbonyl (C=O) groups excluding carboxylic acids is 1. The van der Waals surface area contributed by atoms with E-state index in [0.717, 1.165) is 17.4 Å². The fraction of sp³-hybridized carbons (Fsp3) is 0. The van der Waals surface area contributed by atoms with Crippen LogP contribution in [0.2, 0.25) is 0 Å². The highest BCUT2D eigenvalue weighted by atomic mass is 32.3. The lowest BCUT2D eigenvalue weighted by atomic mass is 10.7. The van der Waals surface area contributed by atoms with Gasteiger partial charge >= 0.3 is 10.2 Å². The van der Waals surface area contributed by atoms with Crippen LogP contribution in [0.25, 0.3) is 0 Å². The van der Waals surface area contributed by atoms with Gasteiger partial charge < -0.3 is 0 Å². The van der Waals surface area contributed by atoms with E-state index in [9.17, 15) is 21.6 Å². The summed E-state index contributed by atoms with van der Waals surface area (Å²) < 4.78 is 47.7. The van der Waals surface area contributed by atoms with Gasteiger partial charge in [-0.05, 0) is 11.4 Å². The topological polar surface area (TPSA) is 110 Å². The quantitative estimate of drug-likeness (QED) is 0.590. The maximum Gasteiger partial charge on any atom is 0.343 e. The molecule has 0 radical (unpaired) electrons. The second-order valence-corrected chi connectivity index (χ2v) is 6.63. The summed E-state index contributed by atoms with van der Waals surface area (Å²) in [5.41, 5.74) is 0. The van der Waals surface area contributed by atoms with Crippen LogP contribution in [0.3, 0.4) is 0 Å². The van der Waals surface area contributed by atoms with E-state index in [4.69, 9.17) is 0 Å². The molecule has 0 spiro atoms. The number of thiophene rings is 1. The van der Waals surface area contributed by atoms with Crippen molar-refractivity contribution in [3.05, 3.63) is 17.5 Å². The maximum absolute atomic E-state index is 11.3. The average molecular weight is 268 g/mol. The van der Waals surface area contributed by atoms with E-state index in [-0.39, 0.29) is 4.21 Å². The van der Waals surface area contributed by atoms with Gasteiger partial charge in [0, 0.05) is 0 Å². The van der Waals surface area contributed by atoms with Crippen LogP contribution in [0.4, 0.5) is 0 Å². The first kappa shape index (κ1) is 12.0. The Morgan fingerprint density at radius 3 is 2.47 bits per heavy atom. The molecule has 0 aliphatic carbocycles. The first-order valence-corrected chi connectivity index (χ1v) is 7.09. The van der Waals surface area contributed by atoms with Crippen LogP contribution < -0.4 is 4.13 Å². The molecule has 1 heterocycles. The van der Waals surface area contributed by atoms with Crippen molar-refractivity contribution >= 4 is 37.6 Å². The third-order valence-corrected chi connectivity index (χ3v) is 5.44. The molecule has 0 bridgehead atoms. The minimum atomic E-state index is -4.55. The van der Waals surface area contributed by atoms with E-state index in [1.807, 2.05) is 0 Å². The van der Waals surface area contributed by atoms with Gasteiger partial charge in [0.25, 0.3) is 16.1 Å². The SMILES string of the molecule is O=C=NS(=O)(=O)NS(=O)(=O)c1cccs1. The second-order valence-electron chi connectivity index (χ2n) is 2.18. The zero-order valence-corrected chi connectivity index (χ0v) is 9.39. The highest BCUT2D eigenvalue weighted by Gasteiger charge is 2.22. The van der Waals surface area contributed by atoms with Crippen LogP contribution in [-0.2, 0) is 25.0 Å². The Morgan fingerprint density at radius 1 is 1.33 bits per heavy atom. The van der Waals surface area contributed by atoms with Crippen molar-refractivity contribution in [2.24, 2.45) is 4.40 Å². The molecule has 0 aliphatic heterocycles. The smallest absolute Gasteiger partial charge is 0.210 e. The van der Waals surface area contributed by atoms with Crippen molar-refractivity contribution in [1.82, 2.24) is 4.13 Å². The molecule has 15 heavy (non-hydrogen) atoms. The fourth-order valence-corrected chi connectivity index (χ4v) is 4.03. The van der Waals surface area contributed by atoms with Gasteiger partial charge in [0.15, 0.2) is 0 Å². The molecular weight excluding hydrogens is 264 g/mol. The fourth-order valence-electron chi connectivity index (χ4n) is 0.664. The molecule has 0 amide bonds. The zero-order chi connectivity index (χ0) is 11.5. The van der Waals surface area contributed by atoms with Crippen molar-refractivity contribution < 1.29 is 21.6 Å². The molecule has 0 aliphatic rings. The number of rotatable bonds is 4. The lowest BCUT2D eigenvalue weighted by Gasteiger charge is -1.99. The number of isocyanates is 1. The predicted molar refractivity (Wildman–Crippen MR) is 51.7 cm³/mol. The van der Waals surface area contributed by atoms with E-state index in [1.54, 1.807) is 0 Å². The van der Waals surface area contributed by atoms with Gasteiger partial charge in [-0.1, -0.05) is 14.6 Å². The number of sulfonamides is 1. The van der Waals surface area contributed by atoms with Crippen molar-refractivity contribution in [2.75, 3.05) is 0 Å². The summed E-state index contributed by atoms with van der Waals surface area (Å²) in [6.45, 7) is 0. The van der Waals surface area contributed by atoms with Gasteiger partial charge in [0.2, 0.25) is 0 Å². The number of hydrogen-bond acceptors (Lipinski definition) is 6. The molecule has 0 saturated heterocycles. The monoisotopic (exact) mass is 268 g/mol. The molecule has 0 atom stereocenters. The highest BCUT2D eigenvalue weighted by molar-refractivity contribution is 8.05. The third kappa shape index (κ3) is 3.22. The van der Waals surface area contributed by atoms with Crippen LogP contribution in [-0.4, -0.2) is 22.9 Å².